The number of amides is 3. The van der Waals surface area contributed by atoms with Gasteiger partial charge >= 0.3 is 0 Å². The van der Waals surface area contributed by atoms with Gasteiger partial charge in [0.15, 0.2) is 6.61 Å². The lowest BCUT2D eigenvalue weighted by atomic mass is 9.90. The fourth-order valence-corrected chi connectivity index (χ4v) is 1.96. The van der Waals surface area contributed by atoms with Crippen LogP contribution in [0.3, 0.4) is 0 Å². The fourth-order valence-electron chi connectivity index (χ4n) is 1.96. The molecule has 0 aliphatic carbocycles. The van der Waals surface area contributed by atoms with Crippen LogP contribution in [0, 0.1) is 0 Å². The number of carbonyl (C=O) groups excluding carboxylic acids is 3. The Kier molecular flexibility index (Phi) is 3.79. The van der Waals surface area contributed by atoms with Crippen molar-refractivity contribution >= 4 is 17.7 Å². The van der Waals surface area contributed by atoms with Crippen LogP contribution in [0.2, 0.25) is 0 Å². The lowest BCUT2D eigenvalue weighted by Crippen LogP contribution is -2.39. The minimum Gasteiger partial charge on any atom is -0.484 e. The van der Waals surface area contributed by atoms with Gasteiger partial charge in [-0.05, 0) is 24.1 Å². The third-order valence-electron chi connectivity index (χ3n) is 2.90. The second-order valence-corrected chi connectivity index (χ2v) is 4.33. The van der Waals surface area contributed by atoms with Crippen LogP contribution in [0.1, 0.15) is 24.3 Å². The quantitative estimate of drug-likeness (QED) is 0.750. The minimum absolute atomic E-state index is 0.183. The Morgan fingerprint density at radius 2 is 2.00 bits per heavy atom. The lowest BCUT2D eigenvalue weighted by Gasteiger charge is -2.21. The van der Waals surface area contributed by atoms with E-state index in [1.165, 1.54) is 0 Å². The van der Waals surface area contributed by atoms with Crippen molar-refractivity contribution in [2.75, 3.05) is 6.61 Å². The summed E-state index contributed by atoms with van der Waals surface area (Å²) in [6.45, 7) is -0.183. The van der Waals surface area contributed by atoms with Crippen LogP contribution >= 0.6 is 0 Å². The van der Waals surface area contributed by atoms with E-state index in [1.807, 2.05) is 0 Å². The van der Waals surface area contributed by atoms with Gasteiger partial charge in [-0.1, -0.05) is 12.1 Å². The van der Waals surface area contributed by atoms with Gasteiger partial charge in [0.1, 0.15) is 5.75 Å². The summed E-state index contributed by atoms with van der Waals surface area (Å²) in [6, 6.07) is 6.83. The number of nitrogens with two attached hydrogens (primary N) is 1. The Morgan fingerprint density at radius 1 is 1.32 bits per heavy atom. The second-order valence-electron chi connectivity index (χ2n) is 4.33. The standard InChI is InChI=1S/C13H14N2O4/c14-11(16)7-19-9-3-1-8(2-4-9)10-5-6-12(17)15-13(10)18/h1-4,10H,5-7H2,(H2,14,16)(H,15,17,18). The molecule has 19 heavy (non-hydrogen) atoms. The molecule has 3 N–H and O–H groups in total. The summed E-state index contributed by atoms with van der Waals surface area (Å²) in [5.74, 6) is -0.864. The summed E-state index contributed by atoms with van der Waals surface area (Å²) in [7, 11) is 0. The fraction of sp³-hybridized carbons (Fsp3) is 0.308. The number of rotatable bonds is 4. The molecule has 0 aromatic heterocycles. The number of hydrogen-bond acceptors (Lipinski definition) is 4. The van der Waals surface area contributed by atoms with Gasteiger partial charge in [0.25, 0.3) is 5.91 Å². The predicted octanol–water partition coefficient (Wildman–Crippen LogP) is 0.0709. The van der Waals surface area contributed by atoms with Gasteiger partial charge in [0, 0.05) is 6.42 Å². The highest BCUT2D eigenvalue weighted by Gasteiger charge is 2.27. The summed E-state index contributed by atoms with van der Waals surface area (Å²) in [5, 5.41) is 2.31. The molecule has 1 unspecified atom stereocenters. The van der Waals surface area contributed by atoms with Crippen molar-refractivity contribution in [1.29, 1.82) is 0 Å². The van der Waals surface area contributed by atoms with E-state index in [-0.39, 0.29) is 24.3 Å². The molecule has 6 heteroatoms. The number of carbonyl (C=O) groups is 3. The Balaban J connectivity index is 2.03. The molecule has 1 aliphatic rings. The van der Waals surface area contributed by atoms with Crippen molar-refractivity contribution < 1.29 is 19.1 Å². The Labute approximate surface area is 109 Å². The van der Waals surface area contributed by atoms with Gasteiger partial charge in [0.2, 0.25) is 11.8 Å². The second kappa shape index (κ2) is 5.51. The van der Waals surface area contributed by atoms with Crippen molar-refractivity contribution in [3.05, 3.63) is 29.8 Å². The number of primary amides is 1. The molecule has 1 aromatic rings. The van der Waals surface area contributed by atoms with Crippen molar-refractivity contribution in [3.63, 3.8) is 0 Å². The molecule has 3 amide bonds. The zero-order valence-electron chi connectivity index (χ0n) is 10.2. The molecule has 1 saturated heterocycles. The Bertz CT molecular complexity index is 510. The molecule has 2 rings (SSSR count). The largest absolute Gasteiger partial charge is 0.484 e. The summed E-state index contributed by atoms with van der Waals surface area (Å²) in [5.41, 5.74) is 5.79. The normalized spacial score (nSPS) is 18.8. The average molecular weight is 262 g/mol. The van der Waals surface area contributed by atoms with Crippen LogP contribution < -0.4 is 15.8 Å². The molecule has 0 bridgehead atoms. The first-order valence-corrected chi connectivity index (χ1v) is 5.91. The Hall–Kier alpha value is -2.37. The van der Waals surface area contributed by atoms with E-state index in [1.54, 1.807) is 24.3 Å². The number of hydrogen-bond donors (Lipinski definition) is 2. The van der Waals surface area contributed by atoms with Crippen LogP contribution in [0.4, 0.5) is 0 Å². The minimum atomic E-state index is -0.547. The number of benzene rings is 1. The van der Waals surface area contributed by atoms with Gasteiger partial charge in [-0.25, -0.2) is 0 Å². The molecular weight excluding hydrogens is 248 g/mol. The van der Waals surface area contributed by atoms with Crippen LogP contribution in [-0.4, -0.2) is 24.3 Å². The maximum atomic E-state index is 11.7. The molecule has 0 spiro atoms. The molecular formula is C13H14N2O4. The van der Waals surface area contributed by atoms with Crippen LogP contribution in [0.15, 0.2) is 24.3 Å². The number of imide groups is 1. The zero-order valence-corrected chi connectivity index (χ0v) is 10.2. The number of nitrogens with one attached hydrogen (secondary N) is 1. The van der Waals surface area contributed by atoms with E-state index < -0.39 is 5.91 Å². The summed E-state index contributed by atoms with van der Waals surface area (Å²) < 4.78 is 5.12. The van der Waals surface area contributed by atoms with Gasteiger partial charge in [-0.2, -0.15) is 0 Å². The van der Waals surface area contributed by atoms with Crippen molar-refractivity contribution in [2.24, 2.45) is 5.73 Å². The summed E-state index contributed by atoms with van der Waals surface area (Å²) >= 11 is 0. The van der Waals surface area contributed by atoms with Crippen LogP contribution in [-0.2, 0) is 14.4 Å². The zero-order chi connectivity index (χ0) is 13.8. The predicted molar refractivity (Wildman–Crippen MR) is 66.3 cm³/mol. The average Bonchev–Trinajstić information content (AvgIpc) is 2.37. The highest BCUT2D eigenvalue weighted by molar-refractivity contribution is 6.00. The molecule has 6 nitrogen and oxygen atoms in total. The van der Waals surface area contributed by atoms with Crippen molar-refractivity contribution in [2.45, 2.75) is 18.8 Å². The van der Waals surface area contributed by atoms with Gasteiger partial charge in [-0.3, -0.25) is 19.7 Å². The molecule has 1 heterocycles. The number of ether oxygens (including phenoxy) is 1. The third kappa shape index (κ3) is 3.31. The smallest absolute Gasteiger partial charge is 0.255 e. The van der Waals surface area contributed by atoms with Gasteiger partial charge in [-0.15, -0.1) is 0 Å². The molecule has 0 radical (unpaired) electrons. The Morgan fingerprint density at radius 3 is 2.58 bits per heavy atom. The maximum absolute atomic E-state index is 11.7. The molecule has 100 valence electrons. The van der Waals surface area contributed by atoms with E-state index in [0.29, 0.717) is 18.6 Å². The first kappa shape index (κ1) is 13.1. The molecule has 1 atom stereocenters. The van der Waals surface area contributed by atoms with E-state index >= 15 is 0 Å². The monoisotopic (exact) mass is 262 g/mol. The van der Waals surface area contributed by atoms with Gasteiger partial charge < -0.3 is 10.5 Å². The molecule has 1 aliphatic heterocycles. The lowest BCUT2D eigenvalue weighted by molar-refractivity contribution is -0.134. The highest BCUT2D eigenvalue weighted by Crippen LogP contribution is 2.26. The van der Waals surface area contributed by atoms with Crippen molar-refractivity contribution in [1.82, 2.24) is 5.32 Å². The molecule has 1 aromatic carbocycles. The first-order chi connectivity index (χ1) is 9.06. The van der Waals surface area contributed by atoms with E-state index in [0.717, 1.165) is 5.56 Å². The summed E-state index contributed by atoms with van der Waals surface area (Å²) in [6.07, 6.45) is 0.850. The van der Waals surface area contributed by atoms with E-state index in [2.05, 4.69) is 5.32 Å². The topological polar surface area (TPSA) is 98.5 Å². The van der Waals surface area contributed by atoms with E-state index in [9.17, 15) is 14.4 Å². The van der Waals surface area contributed by atoms with Gasteiger partial charge in [0.05, 0.1) is 5.92 Å². The summed E-state index contributed by atoms with van der Waals surface area (Å²) in [4.78, 5) is 33.3. The molecule has 0 saturated carbocycles. The highest BCUT2D eigenvalue weighted by atomic mass is 16.5. The van der Waals surface area contributed by atoms with Crippen molar-refractivity contribution in [3.8, 4) is 5.75 Å². The van der Waals surface area contributed by atoms with Crippen LogP contribution in [0.25, 0.3) is 0 Å². The SMILES string of the molecule is NC(=O)COc1ccc(C2CCC(=O)NC2=O)cc1. The van der Waals surface area contributed by atoms with Crippen LogP contribution in [0.5, 0.6) is 5.75 Å². The number of piperidine rings is 1. The maximum Gasteiger partial charge on any atom is 0.255 e. The third-order valence-corrected chi connectivity index (χ3v) is 2.90. The first-order valence-electron chi connectivity index (χ1n) is 5.91. The molecule has 1 fully saturated rings. The van der Waals surface area contributed by atoms with E-state index in [4.69, 9.17) is 10.5 Å².